The Balaban J connectivity index is 1.83. The summed E-state index contributed by atoms with van der Waals surface area (Å²) in [5.41, 5.74) is 1.66. The molecule has 1 N–H and O–H groups in total. The van der Waals surface area contributed by atoms with Crippen molar-refractivity contribution in [1.29, 1.82) is 0 Å². The third kappa shape index (κ3) is 4.02. The van der Waals surface area contributed by atoms with E-state index in [-0.39, 0.29) is 17.9 Å². The summed E-state index contributed by atoms with van der Waals surface area (Å²) < 4.78 is 5.26. The maximum Gasteiger partial charge on any atom is 0.296 e. The lowest BCUT2D eigenvalue weighted by Crippen LogP contribution is -2.29. The molecule has 2 aromatic carbocycles. The Kier molecular flexibility index (Phi) is 5.73. The fraction of sp³-hybridized carbons (Fsp3) is 0.125. The molecule has 0 bridgehead atoms. The van der Waals surface area contributed by atoms with E-state index in [1.165, 1.54) is 4.90 Å². The molecular formula is C24H19ClN2O4. The number of hydrogen-bond acceptors (Lipinski definition) is 5. The molecule has 1 amide bonds. The number of halogens is 1. The Morgan fingerprint density at radius 1 is 1.10 bits per heavy atom. The van der Waals surface area contributed by atoms with E-state index in [0.29, 0.717) is 22.0 Å². The minimum absolute atomic E-state index is 0.00563. The number of pyridine rings is 1. The second kappa shape index (κ2) is 8.62. The van der Waals surface area contributed by atoms with Crippen molar-refractivity contribution in [3.63, 3.8) is 0 Å². The highest BCUT2D eigenvalue weighted by molar-refractivity contribution is 6.46. The van der Waals surface area contributed by atoms with Crippen LogP contribution in [0.5, 0.6) is 5.75 Å². The van der Waals surface area contributed by atoms with Gasteiger partial charge in [0, 0.05) is 23.3 Å². The average Bonchev–Trinajstić information content (AvgIpc) is 3.04. The van der Waals surface area contributed by atoms with Crippen molar-refractivity contribution in [3.8, 4) is 5.75 Å². The van der Waals surface area contributed by atoms with Crippen LogP contribution in [0.25, 0.3) is 5.76 Å². The molecule has 31 heavy (non-hydrogen) atoms. The number of nitrogens with zero attached hydrogens (tertiary/aromatic N) is 2. The molecule has 6 nitrogen and oxygen atoms in total. The van der Waals surface area contributed by atoms with Crippen LogP contribution >= 0.6 is 11.6 Å². The number of aliphatic hydroxyl groups is 1. The zero-order valence-corrected chi connectivity index (χ0v) is 17.4. The van der Waals surface area contributed by atoms with Gasteiger partial charge in [-0.15, -0.1) is 0 Å². The molecule has 2 heterocycles. The van der Waals surface area contributed by atoms with Gasteiger partial charge in [-0.3, -0.25) is 14.6 Å². The summed E-state index contributed by atoms with van der Waals surface area (Å²) in [6.07, 6.45) is 1.59. The number of likely N-dealkylation sites (tertiary alicyclic amines) is 1. The maximum atomic E-state index is 13.0. The van der Waals surface area contributed by atoms with Crippen LogP contribution in [0.2, 0.25) is 5.02 Å². The molecule has 156 valence electrons. The average molecular weight is 435 g/mol. The number of rotatable bonds is 5. The number of ether oxygens (including phenoxy) is 1. The summed E-state index contributed by atoms with van der Waals surface area (Å²) in [7, 11) is 1.56. The van der Waals surface area contributed by atoms with Crippen molar-refractivity contribution < 1.29 is 19.4 Å². The number of Topliss-reactive ketones (excluding diaryl/α,β-unsaturated/α-hetero) is 1. The SMILES string of the molecule is COc1cccc(CN2C(=O)C(=O)/C(=C(\O)c3ccc(Cl)cc3)C2c2ccccn2)c1. The van der Waals surface area contributed by atoms with Crippen LogP contribution in [-0.4, -0.2) is 33.8 Å². The van der Waals surface area contributed by atoms with Crippen molar-refractivity contribution >= 4 is 29.1 Å². The van der Waals surface area contributed by atoms with Gasteiger partial charge in [-0.25, -0.2) is 0 Å². The van der Waals surface area contributed by atoms with Crippen molar-refractivity contribution in [2.45, 2.75) is 12.6 Å². The lowest BCUT2D eigenvalue weighted by atomic mass is 9.98. The third-order valence-corrected chi connectivity index (χ3v) is 5.36. The molecule has 0 spiro atoms. The van der Waals surface area contributed by atoms with Gasteiger partial charge in [-0.2, -0.15) is 0 Å². The van der Waals surface area contributed by atoms with Gasteiger partial charge in [0.15, 0.2) is 0 Å². The molecule has 1 atom stereocenters. The van der Waals surface area contributed by atoms with Crippen molar-refractivity contribution in [2.75, 3.05) is 7.11 Å². The number of hydrogen-bond donors (Lipinski definition) is 1. The molecule has 1 fully saturated rings. The van der Waals surface area contributed by atoms with E-state index >= 15 is 0 Å². The zero-order chi connectivity index (χ0) is 22.0. The van der Waals surface area contributed by atoms with E-state index in [9.17, 15) is 14.7 Å². The van der Waals surface area contributed by atoms with Crippen molar-refractivity contribution in [2.24, 2.45) is 0 Å². The van der Waals surface area contributed by atoms with Gasteiger partial charge in [0.2, 0.25) is 0 Å². The topological polar surface area (TPSA) is 79.7 Å². The highest BCUT2D eigenvalue weighted by Crippen LogP contribution is 2.39. The lowest BCUT2D eigenvalue weighted by Gasteiger charge is -2.24. The number of benzene rings is 2. The maximum absolute atomic E-state index is 13.0. The van der Waals surface area contributed by atoms with Gasteiger partial charge in [0.05, 0.1) is 18.4 Å². The predicted octanol–water partition coefficient (Wildman–Crippen LogP) is 4.37. The number of amides is 1. The molecule has 1 aliphatic heterocycles. The molecule has 1 aromatic heterocycles. The van der Waals surface area contributed by atoms with Gasteiger partial charge < -0.3 is 14.7 Å². The van der Waals surface area contributed by atoms with Gasteiger partial charge in [-0.05, 0) is 54.1 Å². The second-order valence-electron chi connectivity index (χ2n) is 7.04. The fourth-order valence-corrected chi connectivity index (χ4v) is 3.75. The van der Waals surface area contributed by atoms with Crippen LogP contribution in [0, 0.1) is 0 Å². The number of aliphatic hydroxyl groups excluding tert-OH is 1. The minimum Gasteiger partial charge on any atom is -0.507 e. The van der Waals surface area contributed by atoms with Gasteiger partial charge in [0.1, 0.15) is 17.6 Å². The summed E-state index contributed by atoms with van der Waals surface area (Å²) in [5, 5.41) is 11.5. The summed E-state index contributed by atoms with van der Waals surface area (Å²) in [5.74, 6) is -1.08. The largest absolute Gasteiger partial charge is 0.507 e. The first-order valence-electron chi connectivity index (χ1n) is 9.58. The Morgan fingerprint density at radius 3 is 2.55 bits per heavy atom. The normalized spacial score (nSPS) is 17.7. The van der Waals surface area contributed by atoms with Gasteiger partial charge in [-0.1, -0.05) is 29.8 Å². The van der Waals surface area contributed by atoms with Gasteiger partial charge in [0.25, 0.3) is 11.7 Å². The van der Waals surface area contributed by atoms with E-state index in [4.69, 9.17) is 16.3 Å². The van der Waals surface area contributed by atoms with Crippen LogP contribution in [0.3, 0.4) is 0 Å². The Hall–Kier alpha value is -3.64. The minimum atomic E-state index is -0.830. The smallest absolute Gasteiger partial charge is 0.296 e. The number of carbonyl (C=O) groups is 2. The molecule has 3 aromatic rings. The highest BCUT2D eigenvalue weighted by atomic mass is 35.5. The molecular weight excluding hydrogens is 416 g/mol. The molecule has 1 saturated heterocycles. The standard InChI is InChI=1S/C24H19ClN2O4/c1-31-18-6-4-5-15(13-18)14-27-21(19-7-2-3-12-26-19)20(23(29)24(27)30)22(28)16-8-10-17(25)11-9-16/h2-13,21,28H,14H2,1H3/b22-20-. The molecule has 4 rings (SSSR count). The molecule has 1 unspecified atom stereocenters. The number of aromatic nitrogens is 1. The summed E-state index contributed by atoms with van der Waals surface area (Å²) in [4.78, 5) is 31.8. The van der Waals surface area contributed by atoms with E-state index < -0.39 is 17.7 Å². The monoisotopic (exact) mass is 434 g/mol. The first-order valence-corrected chi connectivity index (χ1v) is 9.95. The molecule has 1 aliphatic rings. The second-order valence-corrected chi connectivity index (χ2v) is 7.48. The van der Waals surface area contributed by atoms with Crippen LogP contribution in [0.1, 0.15) is 22.9 Å². The fourth-order valence-electron chi connectivity index (χ4n) is 3.62. The summed E-state index contributed by atoms with van der Waals surface area (Å²) in [6, 6.07) is 18.1. The van der Waals surface area contributed by atoms with E-state index in [0.717, 1.165) is 5.56 Å². The predicted molar refractivity (Wildman–Crippen MR) is 117 cm³/mol. The highest BCUT2D eigenvalue weighted by Gasteiger charge is 2.46. The lowest BCUT2D eigenvalue weighted by molar-refractivity contribution is -0.140. The Labute approximate surface area is 184 Å². The quantitative estimate of drug-likeness (QED) is 0.366. The summed E-state index contributed by atoms with van der Waals surface area (Å²) >= 11 is 5.94. The first-order chi connectivity index (χ1) is 15.0. The van der Waals surface area contributed by atoms with Crippen molar-refractivity contribution in [1.82, 2.24) is 9.88 Å². The molecule has 7 heteroatoms. The number of ketones is 1. The Bertz CT molecular complexity index is 1160. The van der Waals surface area contributed by atoms with E-state index in [1.54, 1.807) is 67.9 Å². The third-order valence-electron chi connectivity index (χ3n) is 5.11. The van der Waals surface area contributed by atoms with Crippen LogP contribution in [0.15, 0.2) is 78.5 Å². The van der Waals surface area contributed by atoms with Gasteiger partial charge >= 0.3 is 0 Å². The summed E-state index contributed by atoms with van der Waals surface area (Å²) in [6.45, 7) is 0.153. The number of methoxy groups -OCH3 is 1. The van der Waals surface area contributed by atoms with E-state index in [1.807, 2.05) is 12.1 Å². The van der Waals surface area contributed by atoms with Crippen molar-refractivity contribution in [3.05, 3.63) is 100 Å². The van der Waals surface area contributed by atoms with E-state index in [2.05, 4.69) is 4.98 Å². The molecule has 0 saturated carbocycles. The Morgan fingerprint density at radius 2 is 1.87 bits per heavy atom. The first kappa shape index (κ1) is 20.6. The van der Waals surface area contributed by atoms with Crippen LogP contribution < -0.4 is 4.74 Å². The van der Waals surface area contributed by atoms with Crippen LogP contribution in [-0.2, 0) is 16.1 Å². The molecule has 0 aliphatic carbocycles. The van der Waals surface area contributed by atoms with Crippen LogP contribution in [0.4, 0.5) is 0 Å². The number of carbonyl (C=O) groups excluding carboxylic acids is 2. The zero-order valence-electron chi connectivity index (χ0n) is 16.7. The molecule has 0 radical (unpaired) electrons.